The average Bonchev–Trinajstić information content (AvgIpc) is 2.76. The van der Waals surface area contributed by atoms with Gasteiger partial charge in [0.15, 0.2) is 5.84 Å². The number of likely N-dealkylation sites (N-methyl/N-ethyl adjacent to an activating group) is 1. The minimum Gasteiger partial charge on any atom is -0.382 e. The number of hydrogen-bond donors (Lipinski definition) is 2. The number of alkyl halides is 6. The Hall–Kier alpha value is -3.57. The standard InChI is InChI=1S/C21H21F6N5O/c1-3-32(13(2)14-5-4-7-29-12-14)18(33)6-8-30-31-19(28)15-9-16(20(22,23)24)11-17(10-15)21(25,26)27/h4-13,30H,3H2,1-2H3,(H2,28,31)/b8-6-. The Labute approximate surface area is 185 Å². The molecule has 33 heavy (non-hydrogen) atoms. The number of nitrogens with zero attached hydrogens (tertiary/aromatic N) is 3. The van der Waals surface area contributed by atoms with Gasteiger partial charge in [-0.15, -0.1) is 0 Å². The smallest absolute Gasteiger partial charge is 0.382 e. The van der Waals surface area contributed by atoms with Crippen LogP contribution in [0.25, 0.3) is 0 Å². The number of nitrogens with two attached hydrogens (primary N) is 1. The van der Waals surface area contributed by atoms with Crippen molar-refractivity contribution < 1.29 is 31.1 Å². The lowest BCUT2D eigenvalue weighted by Gasteiger charge is -2.27. The summed E-state index contributed by atoms with van der Waals surface area (Å²) >= 11 is 0. The van der Waals surface area contributed by atoms with Gasteiger partial charge >= 0.3 is 12.4 Å². The lowest BCUT2D eigenvalue weighted by molar-refractivity contribution is -0.143. The minimum atomic E-state index is -5.01. The van der Waals surface area contributed by atoms with Crippen LogP contribution in [-0.2, 0) is 17.1 Å². The van der Waals surface area contributed by atoms with E-state index in [0.717, 1.165) is 17.8 Å². The van der Waals surface area contributed by atoms with Gasteiger partial charge in [-0.3, -0.25) is 15.2 Å². The molecule has 1 amide bonds. The van der Waals surface area contributed by atoms with Crippen LogP contribution in [0, 0.1) is 0 Å². The fraction of sp³-hybridized carbons (Fsp3) is 0.286. The van der Waals surface area contributed by atoms with Gasteiger partial charge in [-0.1, -0.05) is 6.07 Å². The zero-order chi connectivity index (χ0) is 24.8. The van der Waals surface area contributed by atoms with E-state index in [1.54, 1.807) is 25.4 Å². The van der Waals surface area contributed by atoms with Crippen molar-refractivity contribution in [3.63, 3.8) is 0 Å². The topological polar surface area (TPSA) is 83.6 Å². The number of halogens is 6. The van der Waals surface area contributed by atoms with Crippen molar-refractivity contribution in [1.82, 2.24) is 15.3 Å². The number of hydrazone groups is 1. The van der Waals surface area contributed by atoms with Gasteiger partial charge in [0, 0.05) is 36.8 Å². The predicted molar refractivity (Wildman–Crippen MR) is 109 cm³/mol. The molecular weight excluding hydrogens is 452 g/mol. The first-order valence-electron chi connectivity index (χ1n) is 9.60. The maximum atomic E-state index is 13.0. The molecule has 1 aromatic heterocycles. The summed E-state index contributed by atoms with van der Waals surface area (Å²) in [7, 11) is 0. The average molecular weight is 473 g/mol. The van der Waals surface area contributed by atoms with Crippen LogP contribution >= 0.6 is 0 Å². The molecule has 12 heteroatoms. The van der Waals surface area contributed by atoms with Crippen molar-refractivity contribution >= 4 is 11.7 Å². The van der Waals surface area contributed by atoms with Gasteiger partial charge < -0.3 is 10.6 Å². The van der Waals surface area contributed by atoms with E-state index in [9.17, 15) is 31.1 Å². The summed E-state index contributed by atoms with van der Waals surface area (Å²) < 4.78 is 77.8. The number of rotatable bonds is 7. The molecule has 1 atom stereocenters. The summed E-state index contributed by atoms with van der Waals surface area (Å²) in [4.78, 5) is 18.0. The summed E-state index contributed by atoms with van der Waals surface area (Å²) in [5, 5.41) is 3.54. The number of pyridine rings is 1. The Balaban J connectivity index is 2.16. The zero-order valence-corrected chi connectivity index (χ0v) is 17.6. The van der Waals surface area contributed by atoms with Crippen molar-refractivity contribution in [2.24, 2.45) is 10.8 Å². The van der Waals surface area contributed by atoms with Crippen LogP contribution in [0.3, 0.4) is 0 Å². The van der Waals surface area contributed by atoms with Crippen LogP contribution in [0.2, 0.25) is 0 Å². The second-order valence-electron chi connectivity index (χ2n) is 6.84. The summed E-state index contributed by atoms with van der Waals surface area (Å²) in [5.41, 5.74) is 5.01. The Morgan fingerprint density at radius 1 is 1.18 bits per heavy atom. The number of aromatic nitrogens is 1. The highest BCUT2D eigenvalue weighted by Crippen LogP contribution is 2.36. The molecule has 1 heterocycles. The van der Waals surface area contributed by atoms with Crippen LogP contribution in [0.1, 0.15) is 42.1 Å². The van der Waals surface area contributed by atoms with Crippen LogP contribution in [-0.4, -0.2) is 28.2 Å². The molecular formula is C21H21F6N5O. The number of carbonyl (C=O) groups excluding carboxylic acids is 1. The molecule has 0 saturated heterocycles. The molecule has 0 fully saturated rings. The van der Waals surface area contributed by atoms with E-state index in [0.29, 0.717) is 18.7 Å². The van der Waals surface area contributed by atoms with Crippen molar-refractivity contribution in [2.45, 2.75) is 32.2 Å². The van der Waals surface area contributed by atoms with Gasteiger partial charge in [0.1, 0.15) is 0 Å². The third kappa shape index (κ3) is 6.96. The van der Waals surface area contributed by atoms with E-state index in [4.69, 9.17) is 5.73 Å². The van der Waals surface area contributed by atoms with Crippen LogP contribution in [0.4, 0.5) is 26.3 Å². The third-order valence-electron chi connectivity index (χ3n) is 4.63. The van der Waals surface area contributed by atoms with E-state index in [2.05, 4.69) is 15.5 Å². The number of nitrogens with one attached hydrogen (secondary N) is 1. The molecule has 0 radical (unpaired) electrons. The normalized spacial score (nSPS) is 13.8. The molecule has 1 aromatic carbocycles. The first-order chi connectivity index (χ1) is 15.3. The Morgan fingerprint density at radius 2 is 1.79 bits per heavy atom. The fourth-order valence-corrected chi connectivity index (χ4v) is 2.90. The number of hydrogen-bond acceptors (Lipinski definition) is 4. The molecule has 178 valence electrons. The van der Waals surface area contributed by atoms with Crippen LogP contribution in [0.5, 0.6) is 0 Å². The van der Waals surface area contributed by atoms with Gasteiger partial charge in [-0.2, -0.15) is 31.4 Å². The highest BCUT2D eigenvalue weighted by molar-refractivity contribution is 5.97. The quantitative estimate of drug-likeness (QED) is 0.205. The van der Waals surface area contributed by atoms with Crippen molar-refractivity contribution in [3.05, 3.63) is 77.3 Å². The molecule has 3 N–H and O–H groups in total. The highest BCUT2D eigenvalue weighted by atomic mass is 19.4. The van der Waals surface area contributed by atoms with Gasteiger partial charge in [0.05, 0.1) is 17.2 Å². The Kier molecular flexibility index (Phi) is 8.07. The lowest BCUT2D eigenvalue weighted by atomic mass is 10.0. The molecule has 2 rings (SSSR count). The SMILES string of the molecule is CCN(C(=O)/C=C\N/N=C(\N)c1cc(C(F)(F)F)cc(C(F)(F)F)c1)C(C)c1cccnc1. The number of amides is 1. The van der Waals surface area contributed by atoms with Crippen molar-refractivity contribution in [3.8, 4) is 0 Å². The van der Waals surface area contributed by atoms with Gasteiger partial charge in [-0.25, -0.2) is 0 Å². The molecule has 0 aliphatic rings. The van der Waals surface area contributed by atoms with Crippen molar-refractivity contribution in [2.75, 3.05) is 6.54 Å². The van der Waals surface area contributed by atoms with Gasteiger partial charge in [-0.05, 0) is 43.7 Å². The molecule has 0 spiro atoms. The fourth-order valence-electron chi connectivity index (χ4n) is 2.90. The number of amidine groups is 1. The first-order valence-corrected chi connectivity index (χ1v) is 9.60. The summed E-state index contributed by atoms with van der Waals surface area (Å²) in [6.07, 6.45) is -4.61. The molecule has 0 aliphatic heterocycles. The van der Waals surface area contributed by atoms with Crippen LogP contribution in [0.15, 0.2) is 60.1 Å². The van der Waals surface area contributed by atoms with E-state index in [-0.39, 0.29) is 12.1 Å². The maximum absolute atomic E-state index is 13.0. The van der Waals surface area contributed by atoms with E-state index >= 15 is 0 Å². The zero-order valence-electron chi connectivity index (χ0n) is 17.6. The highest BCUT2D eigenvalue weighted by Gasteiger charge is 2.37. The number of carbonyl (C=O) groups is 1. The summed E-state index contributed by atoms with van der Waals surface area (Å²) in [6, 6.07) is 4.16. The molecule has 1 unspecified atom stereocenters. The molecule has 0 bridgehead atoms. The molecule has 0 saturated carbocycles. The molecule has 2 aromatic rings. The Bertz CT molecular complexity index is 986. The van der Waals surface area contributed by atoms with E-state index in [1.165, 1.54) is 4.90 Å². The molecule has 6 nitrogen and oxygen atoms in total. The van der Waals surface area contributed by atoms with Crippen LogP contribution < -0.4 is 11.2 Å². The summed E-state index contributed by atoms with van der Waals surface area (Å²) in [6.45, 7) is 3.95. The third-order valence-corrected chi connectivity index (χ3v) is 4.63. The molecule has 0 aliphatic carbocycles. The largest absolute Gasteiger partial charge is 0.416 e. The lowest BCUT2D eigenvalue weighted by Crippen LogP contribution is -2.32. The maximum Gasteiger partial charge on any atom is 0.416 e. The number of benzene rings is 1. The predicted octanol–water partition coefficient (Wildman–Crippen LogP) is 4.45. The van der Waals surface area contributed by atoms with Gasteiger partial charge in [0.2, 0.25) is 5.91 Å². The second kappa shape index (κ2) is 10.4. The summed E-state index contributed by atoms with van der Waals surface area (Å²) in [5.74, 6) is -1.03. The monoisotopic (exact) mass is 473 g/mol. The minimum absolute atomic E-state index is 0.00840. The first kappa shape index (κ1) is 25.7. The van der Waals surface area contributed by atoms with E-state index < -0.39 is 40.8 Å². The van der Waals surface area contributed by atoms with E-state index in [1.807, 2.05) is 13.0 Å². The second-order valence-corrected chi connectivity index (χ2v) is 6.84. The van der Waals surface area contributed by atoms with Gasteiger partial charge in [0.25, 0.3) is 0 Å². The Morgan fingerprint density at radius 3 is 2.27 bits per heavy atom. The van der Waals surface area contributed by atoms with Crippen molar-refractivity contribution in [1.29, 1.82) is 0 Å².